The summed E-state index contributed by atoms with van der Waals surface area (Å²) in [4.78, 5) is 26.9. The summed E-state index contributed by atoms with van der Waals surface area (Å²) < 4.78 is 0. The van der Waals surface area contributed by atoms with Crippen LogP contribution in [0.15, 0.2) is 5.38 Å². The zero-order chi connectivity index (χ0) is 14.4. The van der Waals surface area contributed by atoms with Crippen LogP contribution in [0.5, 0.6) is 0 Å². The van der Waals surface area contributed by atoms with Gasteiger partial charge in [0.1, 0.15) is 6.04 Å². The highest BCUT2D eigenvalue weighted by molar-refractivity contribution is 7.09. The molecule has 6 heteroatoms. The van der Waals surface area contributed by atoms with Gasteiger partial charge in [-0.1, -0.05) is 13.8 Å². The fourth-order valence-electron chi connectivity index (χ4n) is 1.68. The standard InChI is InChI=1S/C13H20N2O3S/c1-8(2)12(13(17)18)15-10(16)5-4-6-11-14-9(3)7-19-11/h7-8,12H,4-6H2,1-3H3,(H,15,16)(H,17,18)/t12-/m0/s1. The number of carboxylic acids is 1. The Labute approximate surface area is 117 Å². The minimum atomic E-state index is -0.987. The molecule has 1 atom stereocenters. The molecule has 106 valence electrons. The Morgan fingerprint density at radius 3 is 2.63 bits per heavy atom. The van der Waals surface area contributed by atoms with Gasteiger partial charge in [0.05, 0.1) is 5.01 Å². The lowest BCUT2D eigenvalue weighted by molar-refractivity contribution is -0.143. The van der Waals surface area contributed by atoms with Gasteiger partial charge in [0.15, 0.2) is 0 Å². The number of aliphatic carboxylic acids is 1. The molecule has 0 aliphatic carbocycles. The van der Waals surface area contributed by atoms with Crippen LogP contribution >= 0.6 is 11.3 Å². The Morgan fingerprint density at radius 1 is 1.47 bits per heavy atom. The average Bonchev–Trinajstić information content (AvgIpc) is 2.71. The molecule has 1 aromatic rings. The van der Waals surface area contributed by atoms with Gasteiger partial charge in [-0.25, -0.2) is 9.78 Å². The molecule has 0 unspecified atom stereocenters. The van der Waals surface area contributed by atoms with Crippen molar-refractivity contribution < 1.29 is 14.7 Å². The van der Waals surface area contributed by atoms with Gasteiger partial charge in [-0.05, 0) is 25.7 Å². The Hall–Kier alpha value is -1.43. The zero-order valence-corrected chi connectivity index (χ0v) is 12.3. The number of aryl methyl sites for hydroxylation is 2. The van der Waals surface area contributed by atoms with Crippen molar-refractivity contribution in [2.45, 2.75) is 46.1 Å². The van der Waals surface area contributed by atoms with Crippen LogP contribution in [0.25, 0.3) is 0 Å². The highest BCUT2D eigenvalue weighted by Gasteiger charge is 2.22. The predicted octanol–water partition coefficient (Wildman–Crippen LogP) is 2.00. The zero-order valence-electron chi connectivity index (χ0n) is 11.5. The van der Waals surface area contributed by atoms with E-state index in [2.05, 4.69) is 10.3 Å². The van der Waals surface area contributed by atoms with Gasteiger partial charge < -0.3 is 10.4 Å². The van der Waals surface area contributed by atoms with Crippen molar-refractivity contribution in [3.05, 3.63) is 16.1 Å². The van der Waals surface area contributed by atoms with Gasteiger partial charge in [-0.2, -0.15) is 0 Å². The number of rotatable bonds is 7. The van der Waals surface area contributed by atoms with Crippen molar-refractivity contribution in [1.82, 2.24) is 10.3 Å². The van der Waals surface area contributed by atoms with Gasteiger partial charge in [0, 0.05) is 17.5 Å². The van der Waals surface area contributed by atoms with Crippen LogP contribution in [-0.2, 0) is 16.0 Å². The lowest BCUT2D eigenvalue weighted by atomic mass is 10.0. The molecule has 1 aromatic heterocycles. The van der Waals surface area contributed by atoms with E-state index in [1.165, 1.54) is 0 Å². The Kier molecular flexibility index (Phi) is 5.95. The van der Waals surface area contributed by atoms with E-state index in [0.29, 0.717) is 12.8 Å². The number of hydrogen-bond donors (Lipinski definition) is 2. The number of aromatic nitrogens is 1. The third-order valence-electron chi connectivity index (χ3n) is 2.71. The van der Waals surface area contributed by atoms with Gasteiger partial charge in [-0.3, -0.25) is 4.79 Å². The third-order valence-corrected chi connectivity index (χ3v) is 3.74. The minimum Gasteiger partial charge on any atom is -0.480 e. The second-order valence-electron chi connectivity index (χ2n) is 4.86. The summed E-state index contributed by atoms with van der Waals surface area (Å²) in [5.41, 5.74) is 0.996. The van der Waals surface area contributed by atoms with Crippen LogP contribution in [0.4, 0.5) is 0 Å². The first-order valence-corrected chi connectivity index (χ1v) is 7.21. The van der Waals surface area contributed by atoms with Crippen molar-refractivity contribution in [1.29, 1.82) is 0 Å². The number of carbonyl (C=O) groups is 2. The minimum absolute atomic E-state index is 0.122. The second-order valence-corrected chi connectivity index (χ2v) is 5.81. The monoisotopic (exact) mass is 284 g/mol. The number of amides is 1. The fourth-order valence-corrected chi connectivity index (χ4v) is 2.50. The fraction of sp³-hybridized carbons (Fsp3) is 0.615. The van der Waals surface area contributed by atoms with Crippen molar-refractivity contribution in [3.63, 3.8) is 0 Å². The molecule has 0 bridgehead atoms. The molecule has 0 aromatic carbocycles. The van der Waals surface area contributed by atoms with Gasteiger partial charge in [0.2, 0.25) is 5.91 Å². The smallest absolute Gasteiger partial charge is 0.326 e. The summed E-state index contributed by atoms with van der Waals surface area (Å²) in [7, 11) is 0. The number of carboxylic acid groups (broad SMARTS) is 1. The maximum absolute atomic E-state index is 11.7. The van der Waals surface area contributed by atoms with Crippen LogP contribution in [0.2, 0.25) is 0 Å². The molecule has 1 rings (SSSR count). The van der Waals surface area contributed by atoms with E-state index in [4.69, 9.17) is 5.11 Å². The second kappa shape index (κ2) is 7.23. The molecule has 0 spiro atoms. The first-order chi connectivity index (χ1) is 8.90. The molecule has 0 radical (unpaired) electrons. The summed E-state index contributed by atoms with van der Waals surface area (Å²) in [6.07, 6.45) is 1.77. The normalized spacial score (nSPS) is 12.4. The summed E-state index contributed by atoms with van der Waals surface area (Å²) in [5.74, 6) is -1.32. The van der Waals surface area contributed by atoms with Gasteiger partial charge in [-0.15, -0.1) is 11.3 Å². The molecule has 19 heavy (non-hydrogen) atoms. The highest BCUT2D eigenvalue weighted by Crippen LogP contribution is 2.12. The molecule has 5 nitrogen and oxygen atoms in total. The Morgan fingerprint density at radius 2 is 2.16 bits per heavy atom. The topological polar surface area (TPSA) is 79.3 Å². The number of thiazole rings is 1. The van der Waals surface area contributed by atoms with Gasteiger partial charge in [0.25, 0.3) is 0 Å². The molecular weight excluding hydrogens is 264 g/mol. The van der Waals surface area contributed by atoms with E-state index in [1.54, 1.807) is 25.2 Å². The van der Waals surface area contributed by atoms with E-state index >= 15 is 0 Å². The molecule has 0 fully saturated rings. The van der Waals surface area contributed by atoms with Crippen LogP contribution in [0.1, 0.15) is 37.4 Å². The van der Waals surface area contributed by atoms with Crippen molar-refractivity contribution >= 4 is 23.2 Å². The first kappa shape index (κ1) is 15.6. The number of nitrogens with one attached hydrogen (secondary N) is 1. The van der Waals surface area contributed by atoms with E-state index in [-0.39, 0.29) is 11.8 Å². The van der Waals surface area contributed by atoms with Crippen molar-refractivity contribution in [3.8, 4) is 0 Å². The molecule has 2 N–H and O–H groups in total. The van der Waals surface area contributed by atoms with E-state index in [1.807, 2.05) is 12.3 Å². The Bertz CT molecular complexity index is 443. The average molecular weight is 284 g/mol. The van der Waals surface area contributed by atoms with Crippen molar-refractivity contribution in [2.24, 2.45) is 5.92 Å². The summed E-state index contributed by atoms with van der Waals surface area (Å²) in [6.45, 7) is 5.49. The van der Waals surface area contributed by atoms with Crippen LogP contribution in [-0.4, -0.2) is 28.0 Å². The maximum Gasteiger partial charge on any atom is 0.326 e. The molecule has 0 saturated carbocycles. The van der Waals surface area contributed by atoms with E-state index in [0.717, 1.165) is 17.1 Å². The largest absolute Gasteiger partial charge is 0.480 e. The van der Waals surface area contributed by atoms with Crippen molar-refractivity contribution in [2.75, 3.05) is 0 Å². The Balaban J connectivity index is 2.33. The number of nitrogens with zero attached hydrogens (tertiary/aromatic N) is 1. The third kappa shape index (κ3) is 5.38. The first-order valence-electron chi connectivity index (χ1n) is 6.33. The molecular formula is C13H20N2O3S. The molecule has 1 heterocycles. The molecule has 0 aliphatic rings. The lowest BCUT2D eigenvalue weighted by Crippen LogP contribution is -2.44. The van der Waals surface area contributed by atoms with E-state index in [9.17, 15) is 9.59 Å². The molecule has 0 saturated heterocycles. The molecule has 0 aliphatic heterocycles. The summed E-state index contributed by atoms with van der Waals surface area (Å²) in [5, 5.41) is 14.5. The SMILES string of the molecule is Cc1csc(CCCC(=O)N[C@H](C(=O)O)C(C)C)n1. The van der Waals surface area contributed by atoms with Gasteiger partial charge >= 0.3 is 5.97 Å². The summed E-state index contributed by atoms with van der Waals surface area (Å²) in [6, 6.07) is -0.811. The molecule has 1 amide bonds. The maximum atomic E-state index is 11.7. The highest BCUT2D eigenvalue weighted by atomic mass is 32.1. The lowest BCUT2D eigenvalue weighted by Gasteiger charge is -2.17. The number of hydrogen-bond acceptors (Lipinski definition) is 4. The van der Waals surface area contributed by atoms with Crippen LogP contribution in [0, 0.1) is 12.8 Å². The van der Waals surface area contributed by atoms with E-state index < -0.39 is 12.0 Å². The van der Waals surface area contributed by atoms with Crippen LogP contribution < -0.4 is 5.32 Å². The quantitative estimate of drug-likeness (QED) is 0.802. The van der Waals surface area contributed by atoms with Crippen LogP contribution in [0.3, 0.4) is 0 Å². The summed E-state index contributed by atoms with van der Waals surface area (Å²) >= 11 is 1.59. The predicted molar refractivity (Wildman–Crippen MR) is 74.2 cm³/mol. The number of carbonyl (C=O) groups excluding carboxylic acids is 1.